The largest absolute Gasteiger partial charge is 0.450 e. The normalized spacial score (nSPS) is 15.8. The molecular formula is C29H32N4O6. The number of amides is 2. The Morgan fingerprint density at radius 3 is 1.41 bits per heavy atom. The molecule has 2 amide bonds. The van der Waals surface area contributed by atoms with Crippen molar-refractivity contribution in [2.24, 2.45) is 0 Å². The predicted octanol–water partition coefficient (Wildman–Crippen LogP) is 4.19. The summed E-state index contributed by atoms with van der Waals surface area (Å²) in [7, 11) is 0. The zero-order valence-electron chi connectivity index (χ0n) is 22.1. The average Bonchev–Trinajstić information content (AvgIpc) is 2.93. The number of rotatable bonds is 8. The van der Waals surface area contributed by atoms with Crippen LogP contribution in [0.3, 0.4) is 0 Å². The molecule has 0 bridgehead atoms. The highest BCUT2D eigenvalue weighted by Crippen LogP contribution is 2.29. The van der Waals surface area contributed by atoms with Gasteiger partial charge in [-0.1, -0.05) is 36.4 Å². The average molecular weight is 533 g/mol. The molecule has 2 aromatic carbocycles. The molecule has 204 valence electrons. The molecule has 0 saturated heterocycles. The SMILES string of the molecule is CCOC(=O)N1CC(=O)C(CC2=C(Nc3ccccc3)CN(C(=O)OCC)CC2=O)=C(Nc2ccccc2)C1. The summed E-state index contributed by atoms with van der Waals surface area (Å²) < 4.78 is 10.3. The lowest BCUT2D eigenvalue weighted by Crippen LogP contribution is -2.45. The Balaban J connectivity index is 1.73. The number of benzene rings is 2. The minimum absolute atomic E-state index is 0.0370. The van der Waals surface area contributed by atoms with E-state index in [0.717, 1.165) is 11.4 Å². The molecule has 10 nitrogen and oxygen atoms in total. The Morgan fingerprint density at radius 2 is 1.05 bits per heavy atom. The molecule has 0 saturated carbocycles. The molecular weight excluding hydrogens is 500 g/mol. The van der Waals surface area contributed by atoms with E-state index in [9.17, 15) is 19.2 Å². The Bertz CT molecular complexity index is 1190. The van der Waals surface area contributed by atoms with Gasteiger partial charge in [0.2, 0.25) is 0 Å². The van der Waals surface area contributed by atoms with Gasteiger partial charge in [0.15, 0.2) is 11.6 Å². The van der Waals surface area contributed by atoms with Gasteiger partial charge in [0, 0.05) is 40.3 Å². The van der Waals surface area contributed by atoms with Gasteiger partial charge in [0.1, 0.15) is 0 Å². The van der Waals surface area contributed by atoms with Crippen molar-refractivity contribution in [3.05, 3.63) is 83.2 Å². The summed E-state index contributed by atoms with van der Waals surface area (Å²) in [5.41, 5.74) is 3.31. The van der Waals surface area contributed by atoms with E-state index in [1.165, 1.54) is 9.80 Å². The molecule has 39 heavy (non-hydrogen) atoms. The topological polar surface area (TPSA) is 117 Å². The lowest BCUT2D eigenvalue weighted by molar-refractivity contribution is -0.117. The van der Waals surface area contributed by atoms with E-state index in [1.54, 1.807) is 13.8 Å². The summed E-state index contributed by atoms with van der Waals surface area (Å²) >= 11 is 0. The summed E-state index contributed by atoms with van der Waals surface area (Å²) in [6.45, 7) is 3.70. The van der Waals surface area contributed by atoms with Gasteiger partial charge < -0.3 is 20.1 Å². The van der Waals surface area contributed by atoms with Crippen LogP contribution < -0.4 is 10.6 Å². The first-order valence-corrected chi connectivity index (χ1v) is 12.9. The second-order valence-electron chi connectivity index (χ2n) is 9.03. The van der Waals surface area contributed by atoms with Crippen LogP contribution in [-0.4, -0.2) is 72.9 Å². The Morgan fingerprint density at radius 1 is 0.667 bits per heavy atom. The van der Waals surface area contributed by atoms with Crippen LogP contribution in [0.15, 0.2) is 83.2 Å². The number of Topliss-reactive ketones (excluding diaryl/α,β-unsaturated/α-hetero) is 2. The fourth-order valence-electron chi connectivity index (χ4n) is 4.45. The van der Waals surface area contributed by atoms with E-state index in [0.29, 0.717) is 22.5 Å². The zero-order valence-corrected chi connectivity index (χ0v) is 22.1. The number of anilines is 2. The molecule has 0 aliphatic carbocycles. The van der Waals surface area contributed by atoms with Gasteiger partial charge >= 0.3 is 12.2 Å². The third-order valence-corrected chi connectivity index (χ3v) is 6.31. The molecule has 0 aromatic heterocycles. The molecule has 0 fully saturated rings. The van der Waals surface area contributed by atoms with E-state index in [2.05, 4.69) is 10.6 Å². The summed E-state index contributed by atoms with van der Waals surface area (Å²) in [5, 5.41) is 6.54. The highest BCUT2D eigenvalue weighted by molar-refractivity contribution is 6.06. The van der Waals surface area contributed by atoms with Gasteiger partial charge in [-0.15, -0.1) is 0 Å². The van der Waals surface area contributed by atoms with Crippen molar-refractivity contribution in [3.63, 3.8) is 0 Å². The lowest BCUT2D eigenvalue weighted by atomic mass is 9.91. The highest BCUT2D eigenvalue weighted by Gasteiger charge is 2.35. The van der Waals surface area contributed by atoms with E-state index in [-0.39, 0.29) is 57.4 Å². The first-order valence-electron chi connectivity index (χ1n) is 12.9. The standard InChI is InChI=1S/C29H32N4O6/c1-3-38-28(36)32-16-24(30-20-11-7-5-8-12-20)22(26(34)18-32)15-23-25(31-21-13-9-6-10-14-21)17-33(19-27(23)35)29(37)39-4-2/h5-14,30-31H,3-4,15-19H2,1-2H3. The molecule has 0 unspecified atom stereocenters. The number of nitrogens with one attached hydrogen (secondary N) is 2. The van der Waals surface area contributed by atoms with Crippen LogP contribution in [0.4, 0.5) is 21.0 Å². The molecule has 2 aliphatic rings. The smallest absolute Gasteiger partial charge is 0.410 e. The van der Waals surface area contributed by atoms with Crippen LogP contribution in [-0.2, 0) is 19.1 Å². The fourth-order valence-corrected chi connectivity index (χ4v) is 4.45. The molecule has 0 spiro atoms. The maximum atomic E-state index is 13.4. The van der Waals surface area contributed by atoms with Crippen molar-refractivity contribution >= 4 is 35.1 Å². The number of carbonyl (C=O) groups excluding carboxylic acids is 4. The van der Waals surface area contributed by atoms with E-state index in [1.807, 2.05) is 60.7 Å². The van der Waals surface area contributed by atoms with E-state index < -0.39 is 12.2 Å². The van der Waals surface area contributed by atoms with Crippen LogP contribution in [0.5, 0.6) is 0 Å². The van der Waals surface area contributed by atoms with Gasteiger partial charge in [-0.3, -0.25) is 19.4 Å². The quantitative estimate of drug-likeness (QED) is 0.520. The van der Waals surface area contributed by atoms with Gasteiger partial charge in [0.05, 0.1) is 39.4 Å². The molecule has 2 N–H and O–H groups in total. The van der Waals surface area contributed by atoms with Crippen LogP contribution >= 0.6 is 0 Å². The van der Waals surface area contributed by atoms with Crippen molar-refractivity contribution < 1.29 is 28.7 Å². The Hall–Kier alpha value is -4.60. The maximum Gasteiger partial charge on any atom is 0.410 e. The van der Waals surface area contributed by atoms with Gasteiger partial charge in [-0.05, 0) is 38.1 Å². The van der Waals surface area contributed by atoms with E-state index in [4.69, 9.17) is 9.47 Å². The Kier molecular flexibility index (Phi) is 8.98. The Labute approximate surface area is 227 Å². The van der Waals surface area contributed by atoms with Gasteiger partial charge in [-0.2, -0.15) is 0 Å². The number of hydrogen-bond acceptors (Lipinski definition) is 8. The molecule has 4 rings (SSSR count). The molecule has 2 aromatic rings. The summed E-state index contributed by atoms with van der Waals surface area (Å²) in [5.74, 6) is -0.583. The number of ether oxygens (including phenoxy) is 2. The highest BCUT2D eigenvalue weighted by atomic mass is 16.6. The monoisotopic (exact) mass is 532 g/mol. The minimum Gasteiger partial charge on any atom is -0.450 e. The van der Waals surface area contributed by atoms with Crippen molar-refractivity contribution in [1.29, 1.82) is 0 Å². The summed E-state index contributed by atoms with van der Waals surface area (Å²) in [6, 6.07) is 18.6. The fraction of sp³-hybridized carbons (Fsp3) is 0.310. The molecule has 0 atom stereocenters. The van der Waals surface area contributed by atoms with Crippen molar-refractivity contribution in [1.82, 2.24) is 9.80 Å². The summed E-state index contributed by atoms with van der Waals surface area (Å²) in [4.78, 5) is 54.5. The van der Waals surface area contributed by atoms with Crippen LogP contribution in [0.2, 0.25) is 0 Å². The molecule has 2 aliphatic heterocycles. The van der Waals surface area contributed by atoms with Crippen LogP contribution in [0.1, 0.15) is 20.3 Å². The third-order valence-electron chi connectivity index (χ3n) is 6.31. The number of hydrogen-bond donors (Lipinski definition) is 2. The van der Waals surface area contributed by atoms with Gasteiger partial charge in [-0.25, -0.2) is 9.59 Å². The van der Waals surface area contributed by atoms with Crippen LogP contribution in [0, 0.1) is 0 Å². The van der Waals surface area contributed by atoms with Crippen molar-refractivity contribution in [2.45, 2.75) is 20.3 Å². The second-order valence-corrected chi connectivity index (χ2v) is 9.03. The van der Waals surface area contributed by atoms with Crippen LogP contribution in [0.25, 0.3) is 0 Å². The maximum absolute atomic E-state index is 13.4. The first kappa shape index (κ1) is 27.4. The predicted molar refractivity (Wildman–Crippen MR) is 146 cm³/mol. The molecule has 10 heteroatoms. The minimum atomic E-state index is -0.582. The first-order chi connectivity index (χ1) is 18.9. The van der Waals surface area contributed by atoms with Crippen molar-refractivity contribution in [2.75, 3.05) is 50.0 Å². The second kappa shape index (κ2) is 12.8. The van der Waals surface area contributed by atoms with E-state index >= 15 is 0 Å². The molecule has 2 heterocycles. The van der Waals surface area contributed by atoms with Gasteiger partial charge in [0.25, 0.3) is 0 Å². The lowest BCUT2D eigenvalue weighted by Gasteiger charge is -2.33. The number of nitrogens with zero attached hydrogens (tertiary/aromatic N) is 2. The van der Waals surface area contributed by atoms with Crippen molar-refractivity contribution in [3.8, 4) is 0 Å². The third kappa shape index (κ3) is 6.84. The number of para-hydroxylation sites is 2. The molecule has 0 radical (unpaired) electrons. The number of ketones is 2. The number of carbonyl (C=O) groups is 4. The summed E-state index contributed by atoms with van der Waals surface area (Å²) in [6.07, 6.45) is -1.13. The zero-order chi connectivity index (χ0) is 27.8.